The Morgan fingerprint density at radius 2 is 1.94 bits per heavy atom. The minimum atomic E-state index is -0.00247. The van der Waals surface area contributed by atoms with E-state index in [0.717, 1.165) is 24.9 Å². The Kier molecular flexibility index (Phi) is 5.70. The summed E-state index contributed by atoms with van der Waals surface area (Å²) in [5, 5.41) is 2.92. The van der Waals surface area contributed by atoms with E-state index >= 15 is 0 Å². The van der Waals surface area contributed by atoms with Crippen LogP contribution in [0.25, 0.3) is 0 Å². The third-order valence-electron chi connectivity index (χ3n) is 2.70. The fraction of sp³-hybridized carbons (Fsp3) is 0.500. The van der Waals surface area contributed by atoms with Gasteiger partial charge in [-0.15, -0.1) is 0 Å². The molecule has 1 aromatic carbocycles. The molecule has 0 bridgehead atoms. The Morgan fingerprint density at radius 1 is 1.29 bits per heavy atom. The van der Waals surface area contributed by atoms with Gasteiger partial charge >= 0.3 is 0 Å². The molecule has 0 saturated heterocycles. The van der Waals surface area contributed by atoms with Crippen LogP contribution >= 0.6 is 0 Å². The minimum Gasteiger partial charge on any atom is -0.352 e. The van der Waals surface area contributed by atoms with Gasteiger partial charge in [0.15, 0.2) is 0 Å². The Labute approximate surface area is 103 Å². The zero-order valence-electron chi connectivity index (χ0n) is 10.7. The molecule has 3 nitrogen and oxygen atoms in total. The maximum atomic E-state index is 11.7. The number of benzene rings is 1. The van der Waals surface area contributed by atoms with Gasteiger partial charge in [-0.3, -0.25) is 4.79 Å². The minimum absolute atomic E-state index is 0.00247. The smallest absolute Gasteiger partial charge is 0.251 e. The summed E-state index contributed by atoms with van der Waals surface area (Å²) in [6.07, 6.45) is 2.18. The first-order valence-electron chi connectivity index (χ1n) is 6.20. The van der Waals surface area contributed by atoms with Gasteiger partial charge in [0.2, 0.25) is 0 Å². The van der Waals surface area contributed by atoms with Crippen LogP contribution in [0.2, 0.25) is 0 Å². The Hall–Kier alpha value is -1.35. The number of nitrogens with two attached hydrogens (primary N) is 1. The summed E-state index contributed by atoms with van der Waals surface area (Å²) in [6, 6.07) is 7.42. The fourth-order valence-electron chi connectivity index (χ4n) is 1.61. The number of carbonyl (C=O) groups is 1. The van der Waals surface area contributed by atoms with Crippen LogP contribution in [-0.4, -0.2) is 12.5 Å². The maximum Gasteiger partial charge on any atom is 0.251 e. The maximum absolute atomic E-state index is 11.7. The molecule has 0 radical (unpaired) electrons. The van der Waals surface area contributed by atoms with Crippen LogP contribution in [0.3, 0.4) is 0 Å². The first-order chi connectivity index (χ1) is 8.13. The second-order valence-electron chi connectivity index (χ2n) is 4.69. The van der Waals surface area contributed by atoms with Gasteiger partial charge in [-0.25, -0.2) is 0 Å². The summed E-state index contributed by atoms with van der Waals surface area (Å²) in [4.78, 5) is 11.7. The van der Waals surface area contributed by atoms with E-state index in [0.29, 0.717) is 18.0 Å². The lowest BCUT2D eigenvalue weighted by Gasteiger charge is -2.07. The zero-order valence-corrected chi connectivity index (χ0v) is 10.7. The third kappa shape index (κ3) is 5.00. The Balaban J connectivity index is 2.36. The van der Waals surface area contributed by atoms with Crippen molar-refractivity contribution in [1.82, 2.24) is 5.32 Å². The van der Waals surface area contributed by atoms with E-state index in [2.05, 4.69) is 19.2 Å². The van der Waals surface area contributed by atoms with Crippen LogP contribution in [0, 0.1) is 5.92 Å². The molecule has 3 N–H and O–H groups in total. The average Bonchev–Trinajstić information content (AvgIpc) is 2.34. The molecule has 0 aliphatic heterocycles. The van der Waals surface area contributed by atoms with Crippen molar-refractivity contribution in [1.29, 1.82) is 0 Å². The van der Waals surface area contributed by atoms with E-state index in [4.69, 9.17) is 5.73 Å². The van der Waals surface area contributed by atoms with Crippen LogP contribution in [-0.2, 0) is 6.54 Å². The van der Waals surface area contributed by atoms with Crippen LogP contribution in [0.5, 0.6) is 0 Å². The van der Waals surface area contributed by atoms with Crippen molar-refractivity contribution in [2.75, 3.05) is 6.54 Å². The first kappa shape index (κ1) is 13.7. The molecule has 0 unspecified atom stereocenters. The molecule has 1 amide bonds. The number of hydrogen-bond acceptors (Lipinski definition) is 2. The largest absolute Gasteiger partial charge is 0.352 e. The van der Waals surface area contributed by atoms with E-state index in [-0.39, 0.29) is 5.91 Å². The lowest BCUT2D eigenvalue weighted by atomic mass is 10.1. The number of carbonyl (C=O) groups excluding carboxylic acids is 1. The molecule has 0 atom stereocenters. The molecular weight excluding hydrogens is 212 g/mol. The van der Waals surface area contributed by atoms with Gasteiger partial charge in [-0.1, -0.05) is 26.0 Å². The van der Waals surface area contributed by atoms with Gasteiger partial charge in [0, 0.05) is 18.7 Å². The van der Waals surface area contributed by atoms with Crippen molar-refractivity contribution in [3.05, 3.63) is 35.4 Å². The van der Waals surface area contributed by atoms with E-state index in [1.54, 1.807) is 0 Å². The Bertz CT molecular complexity index is 344. The molecule has 94 valence electrons. The second-order valence-corrected chi connectivity index (χ2v) is 4.69. The predicted octanol–water partition coefficient (Wildman–Crippen LogP) is 2.31. The Morgan fingerprint density at radius 3 is 2.47 bits per heavy atom. The molecule has 0 saturated carbocycles. The predicted molar refractivity (Wildman–Crippen MR) is 70.7 cm³/mol. The highest BCUT2D eigenvalue weighted by molar-refractivity contribution is 5.94. The highest BCUT2D eigenvalue weighted by Gasteiger charge is 2.04. The SMILES string of the molecule is CC(C)CCCNC(=O)c1ccc(CN)cc1. The van der Waals surface area contributed by atoms with Crippen LogP contribution in [0.1, 0.15) is 42.6 Å². The van der Waals surface area contributed by atoms with Crippen molar-refractivity contribution in [3.8, 4) is 0 Å². The first-order valence-corrected chi connectivity index (χ1v) is 6.20. The molecule has 0 fully saturated rings. The molecule has 3 heteroatoms. The summed E-state index contributed by atoms with van der Waals surface area (Å²) in [6.45, 7) is 5.63. The quantitative estimate of drug-likeness (QED) is 0.742. The van der Waals surface area contributed by atoms with Gasteiger partial charge in [0.25, 0.3) is 5.91 Å². The van der Waals surface area contributed by atoms with Gasteiger partial charge < -0.3 is 11.1 Å². The van der Waals surface area contributed by atoms with E-state index in [9.17, 15) is 4.79 Å². The molecule has 1 rings (SSSR count). The monoisotopic (exact) mass is 234 g/mol. The van der Waals surface area contributed by atoms with E-state index in [1.807, 2.05) is 24.3 Å². The van der Waals surface area contributed by atoms with Crippen LogP contribution < -0.4 is 11.1 Å². The van der Waals surface area contributed by atoms with Gasteiger partial charge in [-0.05, 0) is 36.5 Å². The van der Waals surface area contributed by atoms with Gasteiger partial charge in [-0.2, -0.15) is 0 Å². The topological polar surface area (TPSA) is 55.1 Å². The molecule has 17 heavy (non-hydrogen) atoms. The lowest BCUT2D eigenvalue weighted by molar-refractivity contribution is 0.0952. The molecule has 0 aromatic heterocycles. The second kappa shape index (κ2) is 7.07. The van der Waals surface area contributed by atoms with Crippen molar-refractivity contribution in [2.45, 2.75) is 33.2 Å². The molecular formula is C14H22N2O. The summed E-state index contributed by atoms with van der Waals surface area (Å²) in [5.74, 6) is 0.688. The van der Waals surface area contributed by atoms with Crippen molar-refractivity contribution < 1.29 is 4.79 Å². The highest BCUT2D eigenvalue weighted by atomic mass is 16.1. The van der Waals surface area contributed by atoms with E-state index < -0.39 is 0 Å². The number of rotatable bonds is 6. The summed E-state index contributed by atoms with van der Waals surface area (Å²) in [7, 11) is 0. The standard InChI is InChI=1S/C14H22N2O/c1-11(2)4-3-9-16-14(17)13-7-5-12(10-15)6-8-13/h5-8,11H,3-4,9-10,15H2,1-2H3,(H,16,17). The number of hydrogen-bond donors (Lipinski definition) is 2. The molecule has 0 aliphatic carbocycles. The van der Waals surface area contributed by atoms with Gasteiger partial charge in [0.1, 0.15) is 0 Å². The van der Waals surface area contributed by atoms with Crippen LogP contribution in [0.15, 0.2) is 24.3 Å². The molecule has 0 aliphatic rings. The van der Waals surface area contributed by atoms with Crippen LogP contribution in [0.4, 0.5) is 0 Å². The average molecular weight is 234 g/mol. The third-order valence-corrected chi connectivity index (χ3v) is 2.70. The summed E-state index contributed by atoms with van der Waals surface area (Å²) < 4.78 is 0. The fourth-order valence-corrected chi connectivity index (χ4v) is 1.61. The summed E-state index contributed by atoms with van der Waals surface area (Å²) >= 11 is 0. The summed E-state index contributed by atoms with van der Waals surface area (Å²) in [5.41, 5.74) is 7.25. The van der Waals surface area contributed by atoms with Crippen molar-refractivity contribution in [3.63, 3.8) is 0 Å². The lowest BCUT2D eigenvalue weighted by Crippen LogP contribution is -2.24. The van der Waals surface area contributed by atoms with Crippen molar-refractivity contribution in [2.24, 2.45) is 11.7 Å². The molecule has 1 aromatic rings. The molecule has 0 spiro atoms. The van der Waals surface area contributed by atoms with E-state index in [1.165, 1.54) is 0 Å². The normalized spacial score (nSPS) is 10.6. The van der Waals surface area contributed by atoms with Crippen molar-refractivity contribution >= 4 is 5.91 Å². The van der Waals surface area contributed by atoms with Gasteiger partial charge in [0.05, 0.1) is 0 Å². The number of amides is 1. The highest BCUT2D eigenvalue weighted by Crippen LogP contribution is 2.05. The molecule has 0 heterocycles. The zero-order chi connectivity index (χ0) is 12.7. The number of nitrogens with one attached hydrogen (secondary N) is 1.